The smallest absolute Gasteiger partial charge is 0.350 e. The molecular formula is C23H20F3N3O2. The van der Waals surface area contributed by atoms with Crippen molar-refractivity contribution in [1.29, 1.82) is 0 Å². The van der Waals surface area contributed by atoms with Crippen molar-refractivity contribution in [3.63, 3.8) is 0 Å². The van der Waals surface area contributed by atoms with E-state index in [-0.39, 0.29) is 5.71 Å². The molecule has 1 aliphatic heterocycles. The molecular weight excluding hydrogens is 407 g/mol. The van der Waals surface area contributed by atoms with Gasteiger partial charge in [-0.15, -0.1) is 0 Å². The third kappa shape index (κ3) is 4.76. The van der Waals surface area contributed by atoms with Crippen molar-refractivity contribution < 1.29 is 23.1 Å². The number of halogens is 3. The highest BCUT2D eigenvalue weighted by Crippen LogP contribution is 2.38. The molecule has 5 nitrogen and oxygen atoms in total. The maximum absolute atomic E-state index is 12.8. The number of hydrogen-bond acceptors (Lipinski definition) is 5. The van der Waals surface area contributed by atoms with E-state index in [1.807, 2.05) is 42.5 Å². The number of nitrogens with one attached hydrogen (secondary N) is 1. The summed E-state index contributed by atoms with van der Waals surface area (Å²) in [7, 11) is 0. The summed E-state index contributed by atoms with van der Waals surface area (Å²) in [6.07, 6.45) is -2.12. The van der Waals surface area contributed by atoms with Crippen molar-refractivity contribution in [2.45, 2.75) is 31.5 Å². The Balaban J connectivity index is 1.33. The van der Waals surface area contributed by atoms with Gasteiger partial charge in [0.05, 0.1) is 12.1 Å². The average molecular weight is 427 g/mol. The lowest BCUT2D eigenvalue weighted by atomic mass is 10.0. The van der Waals surface area contributed by atoms with Gasteiger partial charge in [0.2, 0.25) is 0 Å². The van der Waals surface area contributed by atoms with Crippen LogP contribution in [0.3, 0.4) is 0 Å². The van der Waals surface area contributed by atoms with E-state index in [0.717, 1.165) is 22.3 Å². The van der Waals surface area contributed by atoms with Crippen LogP contribution >= 0.6 is 0 Å². The molecule has 160 valence electrons. The zero-order valence-electron chi connectivity index (χ0n) is 16.4. The van der Waals surface area contributed by atoms with Crippen LogP contribution in [0.5, 0.6) is 0 Å². The summed E-state index contributed by atoms with van der Waals surface area (Å²) in [5.74, 6) is -3.26. The second-order valence-electron chi connectivity index (χ2n) is 7.32. The molecule has 2 N–H and O–H groups in total. The van der Waals surface area contributed by atoms with E-state index >= 15 is 0 Å². The van der Waals surface area contributed by atoms with Gasteiger partial charge >= 0.3 is 12.0 Å². The summed E-state index contributed by atoms with van der Waals surface area (Å²) in [4.78, 5) is 8.30. The summed E-state index contributed by atoms with van der Waals surface area (Å²) in [6.45, 7) is 1.26. The molecule has 0 radical (unpaired) electrons. The Morgan fingerprint density at radius 2 is 1.61 bits per heavy atom. The second kappa shape index (κ2) is 8.49. The first kappa shape index (κ1) is 21.0. The van der Waals surface area contributed by atoms with Crippen LogP contribution in [-0.4, -0.2) is 27.8 Å². The van der Waals surface area contributed by atoms with Gasteiger partial charge in [-0.1, -0.05) is 47.6 Å². The number of alkyl halides is 3. The van der Waals surface area contributed by atoms with Crippen molar-refractivity contribution >= 4 is 5.71 Å². The largest absolute Gasteiger partial charge is 0.458 e. The Morgan fingerprint density at radius 1 is 0.903 bits per heavy atom. The minimum Gasteiger partial charge on any atom is -0.350 e. The maximum atomic E-state index is 12.8. The molecule has 0 spiro atoms. The lowest BCUT2D eigenvalue weighted by Gasteiger charge is -2.22. The Bertz CT molecular complexity index is 1070. The van der Waals surface area contributed by atoms with Crippen molar-refractivity contribution in [3.05, 3.63) is 89.7 Å². The normalized spacial score (nSPS) is 18.5. The molecule has 2 heterocycles. The molecule has 0 aliphatic carbocycles. The molecule has 2 aromatic carbocycles. The van der Waals surface area contributed by atoms with Gasteiger partial charge in [-0.3, -0.25) is 4.98 Å². The average Bonchev–Trinajstić information content (AvgIpc) is 3.19. The molecule has 0 fully saturated rings. The highest BCUT2D eigenvalue weighted by molar-refractivity contribution is 6.01. The van der Waals surface area contributed by atoms with Gasteiger partial charge in [-0.25, -0.2) is 0 Å². The molecule has 1 aromatic heterocycles. The van der Waals surface area contributed by atoms with Crippen molar-refractivity contribution in [2.75, 3.05) is 0 Å². The third-order valence-electron chi connectivity index (χ3n) is 5.04. The van der Waals surface area contributed by atoms with Crippen LogP contribution in [0.15, 0.2) is 78.2 Å². The summed E-state index contributed by atoms with van der Waals surface area (Å²) in [5, 5.41) is 16.3. The summed E-state index contributed by atoms with van der Waals surface area (Å²) >= 11 is 0. The molecule has 3 aromatic rings. The number of nitrogens with zero attached hydrogens (tertiary/aromatic N) is 2. The zero-order chi connectivity index (χ0) is 21.9. The van der Waals surface area contributed by atoms with Crippen LogP contribution in [0.1, 0.15) is 23.1 Å². The molecule has 1 atom stereocenters. The Hall–Kier alpha value is -3.23. The highest BCUT2D eigenvalue weighted by atomic mass is 19.4. The number of benzene rings is 2. The van der Waals surface area contributed by atoms with Crippen LogP contribution < -0.4 is 5.32 Å². The summed E-state index contributed by atoms with van der Waals surface area (Å²) in [6, 6.07) is 19.1. The first-order valence-corrected chi connectivity index (χ1v) is 9.68. The minimum atomic E-state index is -4.91. The molecule has 8 heteroatoms. The van der Waals surface area contributed by atoms with Crippen LogP contribution in [0, 0.1) is 0 Å². The Morgan fingerprint density at radius 3 is 2.29 bits per heavy atom. The van der Waals surface area contributed by atoms with E-state index in [4.69, 9.17) is 0 Å². The number of hydrogen-bond donors (Lipinski definition) is 2. The molecule has 1 aliphatic rings. The van der Waals surface area contributed by atoms with Gasteiger partial charge in [-0.2, -0.15) is 13.2 Å². The molecule has 1 unspecified atom stereocenters. The number of aliphatic hydroxyl groups is 1. The van der Waals surface area contributed by atoms with Gasteiger partial charge in [-0.05, 0) is 46.0 Å². The molecule has 0 saturated heterocycles. The van der Waals surface area contributed by atoms with E-state index in [9.17, 15) is 18.3 Å². The van der Waals surface area contributed by atoms with Gasteiger partial charge < -0.3 is 15.3 Å². The van der Waals surface area contributed by atoms with Crippen LogP contribution in [0.2, 0.25) is 0 Å². The number of rotatable bonds is 6. The van der Waals surface area contributed by atoms with E-state index < -0.39 is 18.4 Å². The van der Waals surface area contributed by atoms with Crippen molar-refractivity contribution in [1.82, 2.24) is 10.3 Å². The first-order chi connectivity index (χ1) is 14.8. The zero-order valence-corrected chi connectivity index (χ0v) is 16.4. The van der Waals surface area contributed by atoms with E-state index in [1.54, 1.807) is 24.5 Å². The number of pyridine rings is 1. The first-order valence-electron chi connectivity index (χ1n) is 9.68. The fourth-order valence-electron chi connectivity index (χ4n) is 3.30. The summed E-state index contributed by atoms with van der Waals surface area (Å²) in [5.41, 5.74) is 4.86. The Kier molecular flexibility index (Phi) is 5.75. The SMILES string of the molecule is OC1(C(F)(F)F)CC(c2ccc(CNCc3cccc(-c4ccncc4)c3)cc2)=NO1. The quantitative estimate of drug-likeness (QED) is 0.612. The standard InChI is InChI=1S/C23H20F3N3O2/c24-23(25,26)22(30)13-21(29-31-22)19-6-4-16(5-7-19)14-28-15-17-2-1-3-20(12-17)18-8-10-27-11-9-18/h1-12,28,30H,13-15H2. The topological polar surface area (TPSA) is 66.7 Å². The van der Waals surface area contributed by atoms with E-state index in [0.29, 0.717) is 18.7 Å². The van der Waals surface area contributed by atoms with E-state index in [2.05, 4.69) is 26.4 Å². The fourth-order valence-corrected chi connectivity index (χ4v) is 3.30. The third-order valence-corrected chi connectivity index (χ3v) is 5.04. The van der Waals surface area contributed by atoms with Crippen LogP contribution in [0.25, 0.3) is 11.1 Å². The lowest BCUT2D eigenvalue weighted by Crippen LogP contribution is -2.45. The van der Waals surface area contributed by atoms with Gasteiger partial charge in [0.1, 0.15) is 0 Å². The molecule has 0 amide bonds. The van der Waals surface area contributed by atoms with Crippen LogP contribution in [-0.2, 0) is 17.9 Å². The number of aromatic nitrogens is 1. The summed E-state index contributed by atoms with van der Waals surface area (Å²) < 4.78 is 38.5. The van der Waals surface area contributed by atoms with Gasteiger partial charge in [0, 0.05) is 25.5 Å². The maximum Gasteiger partial charge on any atom is 0.458 e. The molecule has 31 heavy (non-hydrogen) atoms. The predicted octanol–water partition coefficient (Wildman–Crippen LogP) is 4.41. The number of oxime groups is 1. The molecule has 0 saturated carbocycles. The highest BCUT2D eigenvalue weighted by Gasteiger charge is 2.60. The molecule has 4 rings (SSSR count). The van der Waals surface area contributed by atoms with Gasteiger partial charge in [0.25, 0.3) is 0 Å². The lowest BCUT2D eigenvalue weighted by molar-refractivity contribution is -0.355. The van der Waals surface area contributed by atoms with Crippen LogP contribution in [0.4, 0.5) is 13.2 Å². The van der Waals surface area contributed by atoms with Crippen molar-refractivity contribution in [2.24, 2.45) is 5.16 Å². The van der Waals surface area contributed by atoms with Gasteiger partial charge in [0.15, 0.2) is 0 Å². The fraction of sp³-hybridized carbons (Fsp3) is 0.217. The molecule has 0 bridgehead atoms. The van der Waals surface area contributed by atoms with E-state index in [1.165, 1.54) is 0 Å². The van der Waals surface area contributed by atoms with Crippen molar-refractivity contribution in [3.8, 4) is 11.1 Å². The monoisotopic (exact) mass is 427 g/mol. The Labute approximate surface area is 177 Å². The minimum absolute atomic E-state index is 0.0623. The second-order valence-corrected chi connectivity index (χ2v) is 7.32. The predicted molar refractivity (Wildman–Crippen MR) is 110 cm³/mol.